The van der Waals surface area contributed by atoms with Crippen LogP contribution in [0.4, 0.5) is 26.3 Å². The highest BCUT2D eigenvalue weighted by Crippen LogP contribution is 2.48. The lowest BCUT2D eigenvalue weighted by atomic mass is 10.0. The van der Waals surface area contributed by atoms with Crippen LogP contribution in [0.5, 0.6) is 0 Å². The van der Waals surface area contributed by atoms with Gasteiger partial charge in [0.1, 0.15) is 13.3 Å². The van der Waals surface area contributed by atoms with Gasteiger partial charge in [-0.15, -0.1) is 0 Å². The third-order valence-electron chi connectivity index (χ3n) is 2.51. The lowest BCUT2D eigenvalue weighted by Crippen LogP contribution is -2.52. The summed E-state index contributed by atoms with van der Waals surface area (Å²) in [6.07, 6.45) is -5.36. The predicted octanol–water partition coefficient (Wildman–Crippen LogP) is 2.68. The van der Waals surface area contributed by atoms with E-state index in [9.17, 15) is 26.3 Å². The van der Waals surface area contributed by atoms with Gasteiger partial charge in [-0.3, -0.25) is 0 Å². The average molecular weight is 252 g/mol. The van der Waals surface area contributed by atoms with E-state index in [4.69, 9.17) is 0 Å². The van der Waals surface area contributed by atoms with Crippen molar-refractivity contribution in [2.24, 2.45) is 0 Å². The van der Waals surface area contributed by atoms with E-state index in [1.54, 1.807) is 0 Å². The highest BCUT2D eigenvalue weighted by molar-refractivity contribution is 4.96. The second kappa shape index (κ2) is 3.49. The average Bonchev–Trinajstić information content (AvgIpc) is 2.44. The van der Waals surface area contributed by atoms with Crippen LogP contribution in [0.15, 0.2) is 0 Å². The third kappa shape index (κ3) is 1.88. The summed E-state index contributed by atoms with van der Waals surface area (Å²) in [6.45, 7) is -1.82. The minimum Gasteiger partial charge on any atom is -0.341 e. The summed E-state index contributed by atoms with van der Waals surface area (Å²) in [5.41, 5.74) is -2.87. The van der Waals surface area contributed by atoms with E-state index in [-0.39, 0.29) is 0 Å². The number of ether oxygens (including phenoxy) is 2. The molecule has 16 heavy (non-hydrogen) atoms. The van der Waals surface area contributed by atoms with Crippen LogP contribution in [0.25, 0.3) is 0 Å². The predicted molar refractivity (Wildman–Crippen MR) is 40.8 cm³/mol. The Bertz CT molecular complexity index is 278. The van der Waals surface area contributed by atoms with E-state index in [2.05, 4.69) is 9.47 Å². The monoisotopic (exact) mass is 252 g/mol. The number of halogens is 6. The van der Waals surface area contributed by atoms with E-state index >= 15 is 0 Å². The van der Waals surface area contributed by atoms with Crippen LogP contribution in [-0.4, -0.2) is 36.8 Å². The van der Waals surface area contributed by atoms with E-state index in [0.29, 0.717) is 6.92 Å². The molecular weight excluding hydrogens is 242 g/mol. The molecule has 3 unspecified atom stereocenters. The van der Waals surface area contributed by atoms with Crippen molar-refractivity contribution in [1.29, 1.82) is 0 Å². The Balaban J connectivity index is 2.94. The quantitative estimate of drug-likeness (QED) is 0.703. The Morgan fingerprint density at radius 1 is 1.25 bits per heavy atom. The molecule has 0 saturated carbocycles. The second-order valence-corrected chi connectivity index (χ2v) is 3.89. The van der Waals surface area contributed by atoms with Crippen LogP contribution in [-0.2, 0) is 9.47 Å². The number of rotatable bonds is 2. The second-order valence-electron chi connectivity index (χ2n) is 3.89. The standard InChI is InChI=1S/C8H10F6O2/c1-5(10,3-9)6(2)15-4-7(11,16-6)8(12,13)14/h3-4H2,1-2H3. The van der Waals surface area contributed by atoms with E-state index < -0.39 is 36.8 Å². The van der Waals surface area contributed by atoms with Crippen LogP contribution < -0.4 is 0 Å². The highest BCUT2D eigenvalue weighted by atomic mass is 19.4. The molecule has 3 atom stereocenters. The Morgan fingerprint density at radius 2 is 1.75 bits per heavy atom. The van der Waals surface area contributed by atoms with Crippen molar-refractivity contribution in [3.05, 3.63) is 0 Å². The molecule has 0 radical (unpaired) electrons. The molecule has 1 fully saturated rings. The molecule has 0 aromatic carbocycles. The molecular formula is C8H10F6O2. The molecule has 1 saturated heterocycles. The molecule has 0 bridgehead atoms. The maximum absolute atomic E-state index is 13.5. The summed E-state index contributed by atoms with van der Waals surface area (Å²) in [5, 5.41) is 0. The van der Waals surface area contributed by atoms with Gasteiger partial charge in [0, 0.05) is 0 Å². The zero-order valence-corrected chi connectivity index (χ0v) is 8.50. The Labute approximate surface area is 87.5 Å². The van der Waals surface area contributed by atoms with E-state index in [0.717, 1.165) is 6.92 Å². The van der Waals surface area contributed by atoms with Gasteiger partial charge in [-0.25, -0.2) is 8.78 Å². The maximum Gasteiger partial charge on any atom is 0.450 e. The van der Waals surface area contributed by atoms with Gasteiger partial charge in [0.25, 0.3) is 0 Å². The summed E-state index contributed by atoms with van der Waals surface area (Å²) < 4.78 is 83.8. The summed E-state index contributed by atoms with van der Waals surface area (Å²) in [6, 6.07) is 0. The molecule has 0 aromatic heterocycles. The molecule has 0 aliphatic carbocycles. The lowest BCUT2D eigenvalue weighted by molar-refractivity contribution is -0.351. The van der Waals surface area contributed by atoms with Gasteiger partial charge in [-0.2, -0.15) is 17.6 Å². The van der Waals surface area contributed by atoms with Gasteiger partial charge >= 0.3 is 12.0 Å². The molecule has 2 nitrogen and oxygen atoms in total. The number of alkyl halides is 6. The SMILES string of the molecule is CC(F)(CF)C1(C)OCC(F)(C(F)(F)F)O1. The number of hydrogen-bond acceptors (Lipinski definition) is 2. The molecule has 96 valence electrons. The summed E-state index contributed by atoms with van der Waals surface area (Å²) in [7, 11) is 0. The highest BCUT2D eigenvalue weighted by Gasteiger charge is 2.69. The number of hydrogen-bond donors (Lipinski definition) is 0. The molecule has 0 amide bonds. The van der Waals surface area contributed by atoms with Crippen LogP contribution >= 0.6 is 0 Å². The molecule has 0 N–H and O–H groups in total. The van der Waals surface area contributed by atoms with Gasteiger partial charge in [0.15, 0.2) is 5.67 Å². The smallest absolute Gasteiger partial charge is 0.341 e. The van der Waals surface area contributed by atoms with Crippen molar-refractivity contribution in [2.75, 3.05) is 13.3 Å². The lowest BCUT2D eigenvalue weighted by Gasteiger charge is -2.34. The minimum absolute atomic E-state index is 0.634. The first-order valence-corrected chi connectivity index (χ1v) is 4.32. The molecule has 1 rings (SSSR count). The first-order valence-electron chi connectivity index (χ1n) is 4.32. The third-order valence-corrected chi connectivity index (χ3v) is 2.51. The molecule has 8 heteroatoms. The molecule has 1 heterocycles. The van der Waals surface area contributed by atoms with Crippen LogP contribution in [0.2, 0.25) is 0 Å². The summed E-state index contributed by atoms with van der Waals surface area (Å²) in [4.78, 5) is 0. The zero-order chi connectivity index (χ0) is 12.8. The van der Waals surface area contributed by atoms with Crippen LogP contribution in [0, 0.1) is 0 Å². The first kappa shape index (κ1) is 13.6. The fourth-order valence-electron chi connectivity index (χ4n) is 1.12. The maximum atomic E-state index is 13.5. The summed E-state index contributed by atoms with van der Waals surface area (Å²) in [5.74, 6) is -6.71. The Kier molecular flexibility index (Phi) is 2.96. The van der Waals surface area contributed by atoms with Crippen molar-refractivity contribution in [2.45, 2.75) is 37.3 Å². The fourth-order valence-corrected chi connectivity index (χ4v) is 1.12. The van der Waals surface area contributed by atoms with Crippen molar-refractivity contribution >= 4 is 0 Å². The van der Waals surface area contributed by atoms with Gasteiger partial charge in [0.05, 0.1) is 0 Å². The van der Waals surface area contributed by atoms with E-state index in [1.165, 1.54) is 0 Å². The van der Waals surface area contributed by atoms with Crippen LogP contribution in [0.3, 0.4) is 0 Å². The topological polar surface area (TPSA) is 18.5 Å². The van der Waals surface area contributed by atoms with Crippen molar-refractivity contribution in [1.82, 2.24) is 0 Å². The van der Waals surface area contributed by atoms with Gasteiger partial charge in [-0.05, 0) is 13.8 Å². The van der Waals surface area contributed by atoms with Crippen molar-refractivity contribution in [3.63, 3.8) is 0 Å². The van der Waals surface area contributed by atoms with Crippen molar-refractivity contribution in [3.8, 4) is 0 Å². The largest absolute Gasteiger partial charge is 0.450 e. The van der Waals surface area contributed by atoms with Gasteiger partial charge in [-0.1, -0.05) is 0 Å². The van der Waals surface area contributed by atoms with Gasteiger partial charge in [0.2, 0.25) is 5.79 Å². The molecule has 0 aromatic rings. The van der Waals surface area contributed by atoms with Crippen LogP contribution in [0.1, 0.15) is 13.8 Å². The Morgan fingerprint density at radius 3 is 2.06 bits per heavy atom. The molecule has 0 spiro atoms. The van der Waals surface area contributed by atoms with Gasteiger partial charge < -0.3 is 9.47 Å². The molecule has 1 aliphatic rings. The minimum atomic E-state index is -5.36. The summed E-state index contributed by atoms with van der Waals surface area (Å²) >= 11 is 0. The molecule has 1 aliphatic heterocycles. The van der Waals surface area contributed by atoms with Crippen molar-refractivity contribution < 1.29 is 35.8 Å². The normalized spacial score (nSPS) is 39.8. The van der Waals surface area contributed by atoms with E-state index in [1.807, 2.05) is 0 Å². The zero-order valence-electron chi connectivity index (χ0n) is 8.50. The fraction of sp³-hybridized carbons (Fsp3) is 1.00. The first-order chi connectivity index (χ1) is 6.97. The Hall–Kier alpha value is -0.500.